The number of nitrogens with two attached hydrogens (primary N) is 1. The maximum absolute atomic E-state index is 13.3. The lowest BCUT2D eigenvalue weighted by molar-refractivity contribution is -0.136. The number of nitrogens with zero attached hydrogens (tertiary/aromatic N) is 1. The van der Waals surface area contributed by atoms with Crippen LogP contribution in [-0.2, 0) is 12.6 Å². The maximum atomic E-state index is 13.3. The Morgan fingerprint density at radius 2 is 1.93 bits per heavy atom. The van der Waals surface area contributed by atoms with Gasteiger partial charge in [-0.3, -0.25) is 4.79 Å². The Morgan fingerprint density at radius 1 is 1.29 bits per heavy atom. The second-order valence-corrected chi connectivity index (χ2v) is 7.85. The third-order valence-electron chi connectivity index (χ3n) is 4.06. The molecule has 0 saturated heterocycles. The van der Waals surface area contributed by atoms with Gasteiger partial charge in [0.2, 0.25) is 0 Å². The van der Waals surface area contributed by atoms with Crippen LogP contribution in [0.15, 0.2) is 24.3 Å². The molecule has 0 unspecified atom stereocenters. The van der Waals surface area contributed by atoms with E-state index in [1.54, 1.807) is 18.2 Å². The Morgan fingerprint density at radius 3 is 2.54 bits per heavy atom. The van der Waals surface area contributed by atoms with Crippen LogP contribution in [0.5, 0.6) is 0 Å². The van der Waals surface area contributed by atoms with Gasteiger partial charge in [0.05, 0.1) is 11.3 Å². The molecule has 2 heterocycles. The molecular formula is C18H14Cl2F3N3OS. The summed E-state index contributed by atoms with van der Waals surface area (Å²) in [7, 11) is 0. The molecule has 1 aromatic carbocycles. The Hall–Kier alpha value is -2.03. The lowest BCUT2D eigenvalue weighted by atomic mass is 10.1. The van der Waals surface area contributed by atoms with Crippen molar-refractivity contribution in [3.8, 4) is 0 Å². The van der Waals surface area contributed by atoms with Gasteiger partial charge in [0.25, 0.3) is 5.91 Å². The van der Waals surface area contributed by atoms with Crippen LogP contribution in [-0.4, -0.2) is 17.4 Å². The molecular weight excluding hydrogens is 434 g/mol. The number of hydrogen-bond donors (Lipinski definition) is 2. The summed E-state index contributed by atoms with van der Waals surface area (Å²) in [6.45, 7) is 1.65. The Labute approximate surface area is 172 Å². The second-order valence-electron chi connectivity index (χ2n) is 6.04. The lowest BCUT2D eigenvalue weighted by Gasteiger charge is -2.10. The Bertz CT molecular complexity index is 1050. The number of hydrogen-bond acceptors (Lipinski definition) is 4. The Balaban J connectivity index is 1.85. The molecule has 0 atom stereocenters. The standard InChI is InChI=1S/C18H14Cl2F3N3OS/c1-8-7-10(18(21,22)23)13-14(24)15(28-17(13)26-8)16(27)25-6-5-9-11(19)3-2-4-12(9)20/h2-4,7H,5-6,24H2,1H3,(H,25,27). The minimum Gasteiger partial charge on any atom is -0.397 e. The number of aryl methyl sites for hydroxylation is 1. The van der Waals surface area contributed by atoms with E-state index in [-0.39, 0.29) is 33.0 Å². The van der Waals surface area contributed by atoms with E-state index in [4.69, 9.17) is 28.9 Å². The number of carbonyl (C=O) groups is 1. The van der Waals surface area contributed by atoms with Crippen LogP contribution in [0, 0.1) is 6.92 Å². The first-order chi connectivity index (χ1) is 13.1. The minimum absolute atomic E-state index is 0.0103. The van der Waals surface area contributed by atoms with Crippen LogP contribution in [0.3, 0.4) is 0 Å². The first-order valence-corrected chi connectivity index (χ1v) is 9.64. The Kier molecular flexibility index (Phi) is 5.74. The summed E-state index contributed by atoms with van der Waals surface area (Å²) in [5.41, 5.74) is 5.63. The van der Waals surface area contributed by atoms with Gasteiger partial charge < -0.3 is 11.1 Å². The molecule has 0 bridgehead atoms. The lowest BCUT2D eigenvalue weighted by Crippen LogP contribution is -2.25. The quantitative estimate of drug-likeness (QED) is 0.555. The molecule has 3 aromatic rings. The number of fused-ring (bicyclic) bond motifs is 1. The van der Waals surface area contributed by atoms with Crippen LogP contribution >= 0.6 is 34.5 Å². The molecule has 3 N–H and O–H groups in total. The summed E-state index contributed by atoms with van der Waals surface area (Å²) < 4.78 is 40.0. The first-order valence-electron chi connectivity index (χ1n) is 8.07. The number of thiophene rings is 1. The number of anilines is 1. The molecule has 148 valence electrons. The highest BCUT2D eigenvalue weighted by Gasteiger charge is 2.35. The fraction of sp³-hybridized carbons (Fsp3) is 0.222. The molecule has 0 aliphatic carbocycles. The number of alkyl halides is 3. The van der Waals surface area contributed by atoms with Crippen molar-refractivity contribution in [3.63, 3.8) is 0 Å². The van der Waals surface area contributed by atoms with E-state index in [0.29, 0.717) is 22.0 Å². The smallest absolute Gasteiger partial charge is 0.397 e. The van der Waals surface area contributed by atoms with Gasteiger partial charge in [-0.15, -0.1) is 11.3 Å². The molecule has 3 rings (SSSR count). The van der Waals surface area contributed by atoms with Crippen molar-refractivity contribution >= 4 is 56.3 Å². The number of pyridine rings is 1. The van der Waals surface area contributed by atoms with E-state index in [1.165, 1.54) is 6.92 Å². The highest BCUT2D eigenvalue weighted by Crippen LogP contribution is 2.42. The van der Waals surface area contributed by atoms with Gasteiger partial charge >= 0.3 is 6.18 Å². The molecule has 0 radical (unpaired) electrons. The van der Waals surface area contributed by atoms with E-state index in [0.717, 1.165) is 17.4 Å². The summed E-state index contributed by atoms with van der Waals surface area (Å²) >= 11 is 13.0. The summed E-state index contributed by atoms with van der Waals surface area (Å²) in [5, 5.41) is 3.33. The zero-order valence-corrected chi connectivity index (χ0v) is 16.8. The average molecular weight is 448 g/mol. The van der Waals surface area contributed by atoms with Crippen LogP contribution in [0.25, 0.3) is 10.2 Å². The van der Waals surface area contributed by atoms with Crippen LogP contribution in [0.4, 0.5) is 18.9 Å². The number of carbonyl (C=O) groups excluding carboxylic acids is 1. The van der Waals surface area contributed by atoms with Crippen molar-refractivity contribution in [2.75, 3.05) is 12.3 Å². The number of aromatic nitrogens is 1. The second kappa shape index (κ2) is 7.77. The molecule has 0 spiro atoms. The molecule has 1 amide bonds. The number of benzene rings is 1. The van der Waals surface area contributed by atoms with Gasteiger partial charge in [0.15, 0.2) is 0 Å². The zero-order chi connectivity index (χ0) is 20.6. The maximum Gasteiger partial charge on any atom is 0.417 e. The number of nitrogen functional groups attached to an aromatic ring is 1. The van der Waals surface area contributed by atoms with Gasteiger partial charge in [-0.2, -0.15) is 13.2 Å². The fourth-order valence-corrected chi connectivity index (χ4v) is 4.46. The molecule has 0 aliphatic heterocycles. The van der Waals surface area contributed by atoms with Crippen LogP contribution in [0.2, 0.25) is 10.0 Å². The van der Waals surface area contributed by atoms with E-state index in [1.807, 2.05) is 0 Å². The van der Waals surface area contributed by atoms with Crippen molar-refractivity contribution in [1.82, 2.24) is 10.3 Å². The topological polar surface area (TPSA) is 68.0 Å². The molecule has 0 aliphatic rings. The number of nitrogens with one attached hydrogen (secondary N) is 1. The minimum atomic E-state index is -4.60. The van der Waals surface area contributed by atoms with Gasteiger partial charge in [-0.1, -0.05) is 29.3 Å². The van der Waals surface area contributed by atoms with Crippen LogP contribution < -0.4 is 11.1 Å². The predicted molar refractivity (Wildman–Crippen MR) is 106 cm³/mol. The van der Waals surface area contributed by atoms with Crippen molar-refractivity contribution in [2.24, 2.45) is 0 Å². The van der Waals surface area contributed by atoms with Crippen molar-refractivity contribution in [2.45, 2.75) is 19.5 Å². The van der Waals surface area contributed by atoms with E-state index >= 15 is 0 Å². The molecule has 10 heteroatoms. The molecule has 0 saturated carbocycles. The van der Waals surface area contributed by atoms with E-state index < -0.39 is 17.6 Å². The van der Waals surface area contributed by atoms with Crippen molar-refractivity contribution in [1.29, 1.82) is 0 Å². The van der Waals surface area contributed by atoms with Gasteiger partial charge in [0.1, 0.15) is 9.71 Å². The fourth-order valence-electron chi connectivity index (χ4n) is 2.79. The molecule has 0 fully saturated rings. The summed E-state index contributed by atoms with van der Waals surface area (Å²) in [4.78, 5) is 16.6. The largest absolute Gasteiger partial charge is 0.417 e. The summed E-state index contributed by atoms with van der Waals surface area (Å²) in [6, 6.07) is 5.99. The third kappa shape index (κ3) is 4.04. The third-order valence-corrected chi connectivity index (χ3v) is 5.87. The molecule has 2 aromatic heterocycles. The highest BCUT2D eigenvalue weighted by atomic mass is 35.5. The first kappa shape index (κ1) is 20.7. The summed E-state index contributed by atoms with van der Waals surface area (Å²) in [6.07, 6.45) is -4.24. The van der Waals surface area contributed by atoms with Gasteiger partial charge in [-0.25, -0.2) is 4.98 Å². The summed E-state index contributed by atoms with van der Waals surface area (Å²) in [5.74, 6) is -0.575. The highest BCUT2D eigenvalue weighted by molar-refractivity contribution is 7.21. The monoisotopic (exact) mass is 447 g/mol. The van der Waals surface area contributed by atoms with E-state index in [2.05, 4.69) is 10.3 Å². The van der Waals surface area contributed by atoms with Gasteiger partial charge in [0, 0.05) is 27.7 Å². The molecule has 28 heavy (non-hydrogen) atoms. The van der Waals surface area contributed by atoms with Crippen molar-refractivity contribution in [3.05, 3.63) is 56.0 Å². The van der Waals surface area contributed by atoms with Crippen molar-refractivity contribution < 1.29 is 18.0 Å². The van der Waals surface area contributed by atoms with Crippen LogP contribution in [0.1, 0.15) is 26.5 Å². The molecule has 4 nitrogen and oxygen atoms in total. The SMILES string of the molecule is Cc1cc(C(F)(F)F)c2c(N)c(C(=O)NCCc3c(Cl)cccc3Cl)sc2n1. The zero-order valence-electron chi connectivity index (χ0n) is 14.5. The van der Waals surface area contributed by atoms with E-state index in [9.17, 15) is 18.0 Å². The number of rotatable bonds is 4. The average Bonchev–Trinajstić information content (AvgIpc) is 2.92. The predicted octanol–water partition coefficient (Wildman–Crippen LogP) is 5.49. The number of amides is 1. The normalized spacial score (nSPS) is 11.8. The number of halogens is 5. The van der Waals surface area contributed by atoms with Gasteiger partial charge in [-0.05, 0) is 37.1 Å².